The van der Waals surface area contributed by atoms with Crippen molar-refractivity contribution in [2.24, 2.45) is 0 Å². The van der Waals surface area contributed by atoms with Gasteiger partial charge in [-0.1, -0.05) is 35.5 Å². The van der Waals surface area contributed by atoms with Crippen LogP contribution in [-0.2, 0) is 19.1 Å². The van der Waals surface area contributed by atoms with Crippen LogP contribution in [-0.4, -0.2) is 26.7 Å². The molecule has 1 aliphatic heterocycles. The highest BCUT2D eigenvalue weighted by atomic mass is 35.5. The maximum atomic E-state index is 13.3. The lowest BCUT2D eigenvalue weighted by atomic mass is 10.1. The zero-order valence-corrected chi connectivity index (χ0v) is 16.3. The average molecular weight is 440 g/mol. The summed E-state index contributed by atoms with van der Waals surface area (Å²) in [4.78, 5) is 22.1. The molecular weight excluding hydrogens is 427 g/mol. The van der Waals surface area contributed by atoms with Gasteiger partial charge in [-0.3, -0.25) is 4.79 Å². The molecule has 0 bridgehead atoms. The Bertz CT molecular complexity index is 1120. The summed E-state index contributed by atoms with van der Waals surface area (Å²) in [5.41, 5.74) is 0.763. The summed E-state index contributed by atoms with van der Waals surface area (Å²) in [7, 11) is 0. The quantitative estimate of drug-likeness (QED) is 0.623. The molecule has 150 valence electrons. The molecule has 0 fully saturated rings. The SMILES string of the molecule is O=c1[nH]ncc(N2CCc3c(ncnc3Sc3ccccc3C(F)(F)F)C2)c1Cl. The number of rotatable bonds is 3. The maximum Gasteiger partial charge on any atom is 0.417 e. The van der Waals surface area contributed by atoms with E-state index in [1.165, 1.54) is 24.7 Å². The Balaban J connectivity index is 1.65. The van der Waals surface area contributed by atoms with Crippen LogP contribution in [0.2, 0.25) is 5.02 Å². The van der Waals surface area contributed by atoms with Crippen LogP contribution in [0.3, 0.4) is 0 Å². The number of hydrogen-bond acceptors (Lipinski definition) is 6. The van der Waals surface area contributed by atoms with Gasteiger partial charge in [-0.15, -0.1) is 0 Å². The third-order valence-corrected chi connectivity index (χ3v) is 5.97. The van der Waals surface area contributed by atoms with Crippen molar-refractivity contribution >= 4 is 29.1 Å². The lowest BCUT2D eigenvalue weighted by Gasteiger charge is -2.30. The molecule has 3 heterocycles. The molecule has 0 saturated heterocycles. The topological polar surface area (TPSA) is 74.8 Å². The van der Waals surface area contributed by atoms with Crippen molar-refractivity contribution in [1.29, 1.82) is 0 Å². The normalized spacial score (nSPS) is 14.0. The van der Waals surface area contributed by atoms with Crippen LogP contribution in [0.1, 0.15) is 16.8 Å². The number of hydrogen-bond donors (Lipinski definition) is 1. The number of alkyl halides is 3. The largest absolute Gasteiger partial charge is 0.417 e. The highest BCUT2D eigenvalue weighted by Gasteiger charge is 2.34. The van der Waals surface area contributed by atoms with E-state index in [1.54, 1.807) is 6.07 Å². The summed E-state index contributed by atoms with van der Waals surface area (Å²) in [5.74, 6) is 0. The van der Waals surface area contributed by atoms with Gasteiger partial charge in [0.25, 0.3) is 5.56 Å². The first kappa shape index (κ1) is 19.7. The van der Waals surface area contributed by atoms with E-state index >= 15 is 0 Å². The molecule has 2 aromatic heterocycles. The van der Waals surface area contributed by atoms with Crippen molar-refractivity contribution in [1.82, 2.24) is 20.2 Å². The van der Waals surface area contributed by atoms with E-state index in [1.807, 2.05) is 4.90 Å². The number of aromatic nitrogens is 4. The van der Waals surface area contributed by atoms with Crippen LogP contribution in [0.25, 0.3) is 0 Å². The van der Waals surface area contributed by atoms with E-state index in [4.69, 9.17) is 11.6 Å². The van der Waals surface area contributed by atoms with E-state index in [0.717, 1.165) is 23.4 Å². The molecule has 11 heteroatoms. The zero-order valence-electron chi connectivity index (χ0n) is 14.7. The number of fused-ring (bicyclic) bond motifs is 1. The lowest BCUT2D eigenvalue weighted by molar-refractivity contribution is -0.139. The third-order valence-electron chi connectivity index (χ3n) is 4.48. The lowest BCUT2D eigenvalue weighted by Crippen LogP contribution is -2.33. The molecule has 0 saturated carbocycles. The van der Waals surface area contributed by atoms with Crippen LogP contribution in [0.15, 0.2) is 51.5 Å². The summed E-state index contributed by atoms with van der Waals surface area (Å²) >= 11 is 7.06. The molecule has 1 aliphatic rings. The molecule has 3 aromatic rings. The molecule has 1 N–H and O–H groups in total. The fourth-order valence-electron chi connectivity index (χ4n) is 3.11. The highest BCUT2D eigenvalue weighted by Crippen LogP contribution is 2.40. The fourth-order valence-corrected chi connectivity index (χ4v) is 4.41. The molecule has 6 nitrogen and oxygen atoms in total. The Morgan fingerprint density at radius 2 is 2.00 bits per heavy atom. The second kappa shape index (κ2) is 7.68. The Kier molecular flexibility index (Phi) is 5.22. The van der Waals surface area contributed by atoms with Gasteiger partial charge < -0.3 is 4.90 Å². The van der Waals surface area contributed by atoms with Gasteiger partial charge in [-0.05, 0) is 18.6 Å². The van der Waals surface area contributed by atoms with Crippen LogP contribution in [0.4, 0.5) is 18.9 Å². The Morgan fingerprint density at radius 3 is 2.79 bits per heavy atom. The first-order valence-corrected chi connectivity index (χ1v) is 9.69. The summed E-state index contributed by atoms with van der Waals surface area (Å²) < 4.78 is 39.9. The van der Waals surface area contributed by atoms with Crippen molar-refractivity contribution in [2.45, 2.75) is 29.1 Å². The third kappa shape index (κ3) is 3.95. The number of nitrogens with one attached hydrogen (secondary N) is 1. The summed E-state index contributed by atoms with van der Waals surface area (Å²) in [6, 6.07) is 5.41. The number of aromatic amines is 1. The van der Waals surface area contributed by atoms with Crippen LogP contribution in [0, 0.1) is 0 Å². The number of benzene rings is 1. The average Bonchev–Trinajstić information content (AvgIpc) is 2.69. The van der Waals surface area contributed by atoms with E-state index < -0.39 is 17.3 Å². The minimum absolute atomic E-state index is 0.0335. The molecule has 4 rings (SSSR count). The van der Waals surface area contributed by atoms with E-state index in [-0.39, 0.29) is 9.92 Å². The Labute approximate surface area is 172 Å². The van der Waals surface area contributed by atoms with Crippen molar-refractivity contribution in [3.8, 4) is 0 Å². The molecule has 0 aliphatic carbocycles. The van der Waals surface area contributed by atoms with Crippen molar-refractivity contribution in [3.63, 3.8) is 0 Å². The van der Waals surface area contributed by atoms with Gasteiger partial charge in [-0.2, -0.15) is 18.3 Å². The second-order valence-corrected chi connectivity index (χ2v) is 7.68. The summed E-state index contributed by atoms with van der Waals surface area (Å²) in [5, 5.41) is 6.56. The maximum absolute atomic E-state index is 13.3. The number of anilines is 1. The Morgan fingerprint density at radius 1 is 1.21 bits per heavy atom. The predicted molar refractivity (Wildman–Crippen MR) is 102 cm³/mol. The summed E-state index contributed by atoms with van der Waals surface area (Å²) in [6.45, 7) is 0.844. The Hall–Kier alpha value is -2.59. The van der Waals surface area contributed by atoms with Gasteiger partial charge in [0.05, 0.1) is 29.7 Å². The van der Waals surface area contributed by atoms with Gasteiger partial charge in [0.2, 0.25) is 0 Å². The van der Waals surface area contributed by atoms with Crippen LogP contribution < -0.4 is 10.5 Å². The highest BCUT2D eigenvalue weighted by molar-refractivity contribution is 7.99. The molecule has 29 heavy (non-hydrogen) atoms. The van der Waals surface area contributed by atoms with E-state index in [9.17, 15) is 18.0 Å². The summed E-state index contributed by atoms with van der Waals surface area (Å²) in [6.07, 6.45) is -1.16. The van der Waals surface area contributed by atoms with Gasteiger partial charge in [-0.25, -0.2) is 15.1 Å². The number of halogens is 4. The van der Waals surface area contributed by atoms with Crippen molar-refractivity contribution < 1.29 is 13.2 Å². The standard InChI is InChI=1S/C18H13ClF3N5OS/c19-15-13(7-25-26-16(15)28)27-6-5-10-12(8-27)23-9-24-17(10)29-14-4-2-1-3-11(14)18(20,21)22/h1-4,7,9H,5-6,8H2,(H,26,28). The van der Waals surface area contributed by atoms with Gasteiger partial charge in [0, 0.05) is 17.0 Å². The monoisotopic (exact) mass is 439 g/mol. The van der Waals surface area contributed by atoms with E-state index in [0.29, 0.717) is 35.9 Å². The molecular formula is C18H13ClF3N5OS. The predicted octanol–water partition coefficient (Wildman–Crippen LogP) is 3.95. The molecule has 0 unspecified atom stereocenters. The van der Waals surface area contributed by atoms with Gasteiger partial charge in [0.15, 0.2) is 0 Å². The van der Waals surface area contributed by atoms with Gasteiger partial charge in [0.1, 0.15) is 16.4 Å². The van der Waals surface area contributed by atoms with E-state index in [2.05, 4.69) is 20.2 Å². The number of H-pyrrole nitrogens is 1. The smallest absolute Gasteiger partial charge is 0.363 e. The second-order valence-electron chi connectivity index (χ2n) is 6.27. The van der Waals surface area contributed by atoms with Crippen LogP contribution in [0.5, 0.6) is 0 Å². The van der Waals surface area contributed by atoms with Gasteiger partial charge >= 0.3 is 6.18 Å². The van der Waals surface area contributed by atoms with Crippen molar-refractivity contribution in [3.05, 3.63) is 69.0 Å². The zero-order chi connectivity index (χ0) is 20.6. The molecule has 1 aromatic carbocycles. The molecule has 0 radical (unpaired) electrons. The van der Waals surface area contributed by atoms with Crippen molar-refractivity contribution in [2.75, 3.05) is 11.4 Å². The minimum Gasteiger partial charge on any atom is -0.363 e. The van der Waals surface area contributed by atoms with Crippen LogP contribution >= 0.6 is 23.4 Å². The minimum atomic E-state index is -4.45. The first-order valence-electron chi connectivity index (χ1n) is 8.49. The fraction of sp³-hybridized carbons (Fsp3) is 0.222. The molecule has 0 spiro atoms. The first-order chi connectivity index (χ1) is 13.8. The number of nitrogens with zero attached hydrogens (tertiary/aromatic N) is 4. The molecule has 0 atom stereocenters. The molecule has 0 amide bonds.